The average molecular weight is 298 g/mol. The Bertz CT molecular complexity index is 565. The van der Waals surface area contributed by atoms with Crippen LogP contribution in [0.3, 0.4) is 0 Å². The van der Waals surface area contributed by atoms with Crippen molar-refractivity contribution < 1.29 is 13.2 Å². The first-order chi connectivity index (χ1) is 9.54. The molecule has 8 heteroatoms. The molecule has 110 valence electrons. The highest BCUT2D eigenvalue weighted by atomic mass is 32.2. The summed E-state index contributed by atoms with van der Waals surface area (Å²) in [5, 5.41) is 0. The number of rotatable bonds is 3. The van der Waals surface area contributed by atoms with E-state index < -0.39 is 10.0 Å². The van der Waals surface area contributed by atoms with Crippen LogP contribution in [0.25, 0.3) is 0 Å². The number of ether oxygens (including phenoxy) is 1. The lowest BCUT2D eigenvalue weighted by Crippen LogP contribution is -2.47. The van der Waals surface area contributed by atoms with Crippen molar-refractivity contribution in [3.63, 3.8) is 0 Å². The Hall–Kier alpha value is -1.25. The molecule has 2 saturated heterocycles. The van der Waals surface area contributed by atoms with Gasteiger partial charge in [-0.25, -0.2) is 23.1 Å². The summed E-state index contributed by atoms with van der Waals surface area (Å²) in [6.07, 6.45) is 6.35. The molecule has 1 aromatic rings. The van der Waals surface area contributed by atoms with Gasteiger partial charge in [0.05, 0.1) is 24.4 Å². The minimum Gasteiger partial charge on any atom is -0.374 e. The second-order valence-corrected chi connectivity index (χ2v) is 7.02. The van der Waals surface area contributed by atoms with Crippen LogP contribution in [0.5, 0.6) is 0 Å². The third-order valence-corrected chi connectivity index (χ3v) is 4.43. The molecule has 20 heavy (non-hydrogen) atoms. The van der Waals surface area contributed by atoms with Gasteiger partial charge >= 0.3 is 0 Å². The Kier molecular flexibility index (Phi) is 3.61. The molecule has 1 N–H and O–H groups in total. The first kappa shape index (κ1) is 13.7. The predicted molar refractivity (Wildman–Crippen MR) is 73.9 cm³/mol. The quantitative estimate of drug-likeness (QED) is 0.829. The molecule has 0 aliphatic carbocycles. The third kappa shape index (κ3) is 2.77. The lowest BCUT2D eigenvalue weighted by atomic mass is 10.0. The Balaban J connectivity index is 1.86. The van der Waals surface area contributed by atoms with Gasteiger partial charge in [0.25, 0.3) is 0 Å². The third-order valence-electron chi connectivity index (χ3n) is 3.70. The van der Waals surface area contributed by atoms with E-state index in [4.69, 9.17) is 4.74 Å². The van der Waals surface area contributed by atoms with Gasteiger partial charge in [-0.2, -0.15) is 0 Å². The number of fused-ring (bicyclic) bond motifs is 1. The average Bonchev–Trinajstić information content (AvgIpc) is 2.77. The van der Waals surface area contributed by atoms with E-state index in [1.54, 1.807) is 18.5 Å². The van der Waals surface area contributed by atoms with Gasteiger partial charge in [0, 0.05) is 25.5 Å². The Morgan fingerprint density at radius 2 is 2.15 bits per heavy atom. The van der Waals surface area contributed by atoms with Crippen LogP contribution >= 0.6 is 0 Å². The van der Waals surface area contributed by atoms with Crippen molar-refractivity contribution in [3.05, 3.63) is 18.5 Å². The zero-order chi connectivity index (χ0) is 14.2. The van der Waals surface area contributed by atoms with Crippen LogP contribution < -0.4 is 9.62 Å². The number of hydrogen-bond acceptors (Lipinski definition) is 6. The maximum Gasteiger partial charge on any atom is 0.225 e. The van der Waals surface area contributed by atoms with Gasteiger partial charge in [-0.1, -0.05) is 0 Å². The molecule has 2 aliphatic rings. The maximum atomic E-state index is 11.5. The summed E-state index contributed by atoms with van der Waals surface area (Å²) >= 11 is 0. The number of anilines is 1. The smallest absolute Gasteiger partial charge is 0.225 e. The molecule has 2 aliphatic heterocycles. The molecule has 0 radical (unpaired) electrons. The molecule has 1 aromatic heterocycles. The molecule has 3 heterocycles. The molecule has 0 bridgehead atoms. The summed E-state index contributed by atoms with van der Waals surface area (Å²) < 4.78 is 31.4. The van der Waals surface area contributed by atoms with Crippen LogP contribution in [0.4, 0.5) is 5.95 Å². The number of nitrogens with one attached hydrogen (secondary N) is 1. The van der Waals surface area contributed by atoms with Gasteiger partial charge in [-0.15, -0.1) is 0 Å². The van der Waals surface area contributed by atoms with E-state index in [2.05, 4.69) is 14.7 Å². The summed E-state index contributed by atoms with van der Waals surface area (Å²) in [5.41, 5.74) is 0. The first-order valence-corrected chi connectivity index (χ1v) is 8.56. The van der Waals surface area contributed by atoms with Crippen LogP contribution in [0.15, 0.2) is 18.5 Å². The number of sulfonamides is 1. The SMILES string of the molecule is CS(=O)(=O)N[C@H]1CN(c2ncccn2)[C@H]2CCCO[C@@H]12. The highest BCUT2D eigenvalue weighted by molar-refractivity contribution is 7.88. The fourth-order valence-corrected chi connectivity index (χ4v) is 3.76. The minimum absolute atomic E-state index is 0.130. The largest absolute Gasteiger partial charge is 0.374 e. The van der Waals surface area contributed by atoms with E-state index in [1.807, 2.05) is 4.90 Å². The van der Waals surface area contributed by atoms with Crippen molar-refractivity contribution in [1.82, 2.24) is 14.7 Å². The molecule has 0 spiro atoms. The van der Waals surface area contributed by atoms with E-state index in [0.717, 1.165) is 12.8 Å². The molecular weight excluding hydrogens is 280 g/mol. The van der Waals surface area contributed by atoms with Crippen molar-refractivity contribution in [3.8, 4) is 0 Å². The standard InChI is InChI=1S/C12H18N4O3S/c1-20(17,18)15-9-8-16(12-13-5-3-6-14-12)10-4-2-7-19-11(9)10/h3,5-6,9-11,15H,2,4,7-8H2,1H3/t9-,10-,11-/m0/s1. The summed E-state index contributed by atoms with van der Waals surface area (Å²) in [6, 6.07) is 1.64. The molecule has 0 unspecified atom stereocenters. The number of aromatic nitrogens is 2. The molecule has 0 saturated carbocycles. The number of nitrogens with zero attached hydrogens (tertiary/aromatic N) is 3. The van der Waals surface area contributed by atoms with Gasteiger partial charge in [0.2, 0.25) is 16.0 Å². The topological polar surface area (TPSA) is 84.4 Å². The predicted octanol–water partition coefficient (Wildman–Crippen LogP) is -0.238. The maximum absolute atomic E-state index is 11.5. The second kappa shape index (κ2) is 5.27. The van der Waals surface area contributed by atoms with Crippen LogP contribution in [0.2, 0.25) is 0 Å². The fraction of sp³-hybridized carbons (Fsp3) is 0.667. The molecule has 2 fully saturated rings. The van der Waals surface area contributed by atoms with Gasteiger partial charge in [0.1, 0.15) is 0 Å². The monoisotopic (exact) mass is 298 g/mol. The van der Waals surface area contributed by atoms with E-state index in [-0.39, 0.29) is 18.2 Å². The van der Waals surface area contributed by atoms with Crippen LogP contribution in [-0.2, 0) is 14.8 Å². The summed E-state index contributed by atoms with van der Waals surface area (Å²) in [5.74, 6) is 0.630. The normalized spacial score (nSPS) is 30.2. The Morgan fingerprint density at radius 3 is 2.85 bits per heavy atom. The van der Waals surface area contributed by atoms with Gasteiger partial charge in [-0.3, -0.25) is 0 Å². The summed E-state index contributed by atoms with van der Waals surface area (Å²) in [6.45, 7) is 1.21. The second-order valence-electron chi connectivity index (χ2n) is 5.24. The highest BCUT2D eigenvalue weighted by Gasteiger charge is 2.45. The zero-order valence-electron chi connectivity index (χ0n) is 11.3. The van der Waals surface area contributed by atoms with Crippen molar-refractivity contribution >= 4 is 16.0 Å². The summed E-state index contributed by atoms with van der Waals surface area (Å²) in [7, 11) is -3.26. The van der Waals surface area contributed by atoms with Crippen molar-refractivity contribution in [2.24, 2.45) is 0 Å². The lowest BCUT2D eigenvalue weighted by molar-refractivity contribution is 0.00392. The Morgan fingerprint density at radius 1 is 1.40 bits per heavy atom. The molecule has 0 aromatic carbocycles. The van der Waals surface area contributed by atoms with E-state index in [9.17, 15) is 8.42 Å². The van der Waals surface area contributed by atoms with Crippen LogP contribution in [0.1, 0.15) is 12.8 Å². The van der Waals surface area contributed by atoms with E-state index >= 15 is 0 Å². The van der Waals surface area contributed by atoms with Crippen LogP contribution in [-0.4, -0.2) is 56.0 Å². The summed E-state index contributed by atoms with van der Waals surface area (Å²) in [4.78, 5) is 10.6. The van der Waals surface area contributed by atoms with Gasteiger partial charge in [0.15, 0.2) is 0 Å². The molecule has 7 nitrogen and oxygen atoms in total. The molecule has 3 rings (SSSR count). The van der Waals surface area contributed by atoms with Gasteiger partial charge in [-0.05, 0) is 18.9 Å². The van der Waals surface area contributed by atoms with Crippen molar-refractivity contribution in [2.75, 3.05) is 24.3 Å². The minimum atomic E-state index is -3.26. The molecular formula is C12H18N4O3S. The first-order valence-electron chi connectivity index (χ1n) is 6.67. The molecule has 0 amide bonds. The van der Waals surface area contributed by atoms with E-state index in [1.165, 1.54) is 6.26 Å². The van der Waals surface area contributed by atoms with Crippen LogP contribution in [0, 0.1) is 0 Å². The lowest BCUT2D eigenvalue weighted by Gasteiger charge is -2.32. The van der Waals surface area contributed by atoms with Crippen molar-refractivity contribution in [2.45, 2.75) is 31.0 Å². The zero-order valence-corrected chi connectivity index (χ0v) is 12.1. The molecule has 3 atom stereocenters. The van der Waals surface area contributed by atoms with Gasteiger partial charge < -0.3 is 9.64 Å². The van der Waals surface area contributed by atoms with E-state index in [0.29, 0.717) is 19.1 Å². The number of hydrogen-bond donors (Lipinski definition) is 1. The fourth-order valence-electron chi connectivity index (χ4n) is 3.00. The highest BCUT2D eigenvalue weighted by Crippen LogP contribution is 2.31. The van der Waals surface area contributed by atoms with Crippen molar-refractivity contribution in [1.29, 1.82) is 0 Å². The Labute approximate surface area is 118 Å².